The van der Waals surface area contributed by atoms with E-state index >= 15 is 0 Å². The molecule has 24 heavy (non-hydrogen) atoms. The highest BCUT2D eigenvalue weighted by Crippen LogP contribution is 2.34. The molecule has 1 aromatic carbocycles. The molecule has 0 aliphatic carbocycles. The standard InChI is InChI=1S/C17H12Cl2N2O2S/c18-14-5-1-4-13(17(14)19)15-7-6-11(23-15)10-20-21-16(22)9-12-3-2-8-24-12/h1-8,10H,9H2,(H,21,22). The summed E-state index contributed by atoms with van der Waals surface area (Å²) in [6.07, 6.45) is 1.74. The van der Waals surface area contributed by atoms with E-state index in [1.165, 1.54) is 17.6 Å². The number of benzene rings is 1. The van der Waals surface area contributed by atoms with Crippen molar-refractivity contribution in [1.82, 2.24) is 5.43 Å². The average Bonchev–Trinajstić information content (AvgIpc) is 3.22. The minimum absolute atomic E-state index is 0.182. The molecule has 0 spiro atoms. The van der Waals surface area contributed by atoms with E-state index < -0.39 is 0 Å². The van der Waals surface area contributed by atoms with Gasteiger partial charge in [0.15, 0.2) is 0 Å². The maximum atomic E-state index is 11.7. The van der Waals surface area contributed by atoms with Crippen LogP contribution < -0.4 is 5.43 Å². The number of halogens is 2. The first-order valence-electron chi connectivity index (χ1n) is 7.02. The van der Waals surface area contributed by atoms with Crippen molar-refractivity contribution in [2.45, 2.75) is 6.42 Å². The Kier molecular flexibility index (Phi) is 5.35. The lowest BCUT2D eigenvalue weighted by molar-refractivity contribution is -0.120. The lowest BCUT2D eigenvalue weighted by Crippen LogP contribution is -2.19. The maximum absolute atomic E-state index is 11.7. The summed E-state index contributed by atoms with van der Waals surface area (Å²) in [7, 11) is 0. The highest BCUT2D eigenvalue weighted by molar-refractivity contribution is 7.10. The molecule has 0 unspecified atom stereocenters. The normalized spacial score (nSPS) is 11.1. The molecule has 4 nitrogen and oxygen atoms in total. The largest absolute Gasteiger partial charge is 0.455 e. The van der Waals surface area contributed by atoms with E-state index in [4.69, 9.17) is 27.6 Å². The van der Waals surface area contributed by atoms with E-state index in [0.717, 1.165) is 4.88 Å². The third kappa shape index (κ3) is 4.06. The molecule has 0 radical (unpaired) electrons. The van der Waals surface area contributed by atoms with Crippen LogP contribution in [-0.4, -0.2) is 12.1 Å². The molecule has 0 bridgehead atoms. The molecular weight excluding hydrogens is 367 g/mol. The minimum atomic E-state index is -0.182. The molecule has 1 amide bonds. The van der Waals surface area contributed by atoms with Gasteiger partial charge in [-0.2, -0.15) is 5.10 Å². The predicted octanol–water partition coefficient (Wildman–Crippen LogP) is 5.01. The van der Waals surface area contributed by atoms with Gasteiger partial charge in [0.1, 0.15) is 11.5 Å². The summed E-state index contributed by atoms with van der Waals surface area (Å²) >= 11 is 13.7. The van der Waals surface area contributed by atoms with E-state index in [9.17, 15) is 4.79 Å². The van der Waals surface area contributed by atoms with Crippen molar-refractivity contribution in [3.05, 3.63) is 68.5 Å². The summed E-state index contributed by atoms with van der Waals surface area (Å²) in [5.41, 5.74) is 3.17. The number of carbonyl (C=O) groups excluding carboxylic acids is 1. The fraction of sp³-hybridized carbons (Fsp3) is 0.0588. The second kappa shape index (κ2) is 7.66. The van der Waals surface area contributed by atoms with Gasteiger partial charge in [-0.05, 0) is 35.7 Å². The number of hydrogen-bond acceptors (Lipinski definition) is 4. The Morgan fingerprint density at radius 1 is 1.21 bits per heavy atom. The molecule has 2 heterocycles. The van der Waals surface area contributed by atoms with Crippen molar-refractivity contribution in [1.29, 1.82) is 0 Å². The van der Waals surface area contributed by atoms with Crippen LogP contribution in [-0.2, 0) is 11.2 Å². The van der Waals surface area contributed by atoms with E-state index in [1.807, 2.05) is 23.6 Å². The molecule has 1 N–H and O–H groups in total. The Labute approximate surface area is 152 Å². The molecule has 0 aliphatic rings. The summed E-state index contributed by atoms with van der Waals surface area (Å²) in [6, 6.07) is 12.6. The zero-order valence-electron chi connectivity index (χ0n) is 12.3. The summed E-state index contributed by atoms with van der Waals surface area (Å²) < 4.78 is 5.65. The first-order valence-corrected chi connectivity index (χ1v) is 8.65. The van der Waals surface area contributed by atoms with E-state index in [2.05, 4.69) is 10.5 Å². The van der Waals surface area contributed by atoms with Crippen LogP contribution in [0.1, 0.15) is 10.6 Å². The Bertz CT molecular complexity index is 873. The first-order chi connectivity index (χ1) is 11.6. The zero-order chi connectivity index (χ0) is 16.9. The third-order valence-corrected chi connectivity index (χ3v) is 4.84. The number of furan rings is 1. The Morgan fingerprint density at radius 2 is 2.08 bits per heavy atom. The quantitative estimate of drug-likeness (QED) is 0.501. The molecule has 0 aliphatic heterocycles. The predicted molar refractivity (Wildman–Crippen MR) is 97.9 cm³/mol. The summed E-state index contributed by atoms with van der Waals surface area (Å²) in [6.45, 7) is 0. The number of thiophene rings is 1. The van der Waals surface area contributed by atoms with Crippen LogP contribution in [0.5, 0.6) is 0 Å². The fourth-order valence-electron chi connectivity index (χ4n) is 2.04. The van der Waals surface area contributed by atoms with Gasteiger partial charge in [-0.15, -0.1) is 11.3 Å². The lowest BCUT2D eigenvalue weighted by Gasteiger charge is -2.01. The van der Waals surface area contributed by atoms with Crippen LogP contribution in [0.25, 0.3) is 11.3 Å². The smallest absolute Gasteiger partial charge is 0.245 e. The summed E-state index contributed by atoms with van der Waals surface area (Å²) in [5.74, 6) is 0.893. The van der Waals surface area contributed by atoms with Crippen LogP contribution in [0.2, 0.25) is 10.0 Å². The molecule has 3 aromatic rings. The SMILES string of the molecule is O=C(Cc1cccs1)NN=Cc1ccc(-c2cccc(Cl)c2Cl)o1. The highest BCUT2D eigenvalue weighted by Gasteiger charge is 2.10. The average molecular weight is 379 g/mol. The molecule has 3 rings (SSSR count). The minimum Gasteiger partial charge on any atom is -0.455 e. The molecule has 122 valence electrons. The number of nitrogens with one attached hydrogen (secondary N) is 1. The van der Waals surface area contributed by atoms with Crippen LogP contribution in [0, 0.1) is 0 Å². The number of rotatable bonds is 5. The summed E-state index contributed by atoms with van der Waals surface area (Å²) in [4.78, 5) is 12.7. The van der Waals surface area contributed by atoms with Gasteiger partial charge in [0, 0.05) is 10.4 Å². The van der Waals surface area contributed by atoms with Crippen molar-refractivity contribution in [2.75, 3.05) is 0 Å². The van der Waals surface area contributed by atoms with Gasteiger partial charge in [0.05, 0.1) is 22.7 Å². The third-order valence-electron chi connectivity index (χ3n) is 3.14. The molecule has 0 saturated carbocycles. The Morgan fingerprint density at radius 3 is 2.88 bits per heavy atom. The van der Waals surface area contributed by atoms with Gasteiger partial charge in [-0.3, -0.25) is 4.79 Å². The molecule has 0 saturated heterocycles. The second-order valence-electron chi connectivity index (χ2n) is 4.85. The van der Waals surface area contributed by atoms with E-state index in [-0.39, 0.29) is 5.91 Å². The van der Waals surface area contributed by atoms with Crippen LogP contribution in [0.3, 0.4) is 0 Å². The van der Waals surface area contributed by atoms with Crippen molar-refractivity contribution in [3.8, 4) is 11.3 Å². The molecular formula is C17H12Cl2N2O2S. The van der Waals surface area contributed by atoms with Crippen molar-refractivity contribution >= 4 is 46.7 Å². The zero-order valence-corrected chi connectivity index (χ0v) is 14.7. The number of nitrogens with zero attached hydrogens (tertiary/aromatic N) is 1. The fourth-order valence-corrected chi connectivity index (χ4v) is 3.14. The van der Waals surface area contributed by atoms with Gasteiger partial charge < -0.3 is 4.42 Å². The monoisotopic (exact) mass is 378 g/mol. The van der Waals surface area contributed by atoms with Crippen molar-refractivity contribution < 1.29 is 9.21 Å². The van der Waals surface area contributed by atoms with Crippen LogP contribution in [0.4, 0.5) is 0 Å². The molecule has 0 atom stereocenters. The molecule has 0 fully saturated rings. The summed E-state index contributed by atoms with van der Waals surface area (Å²) in [5, 5.41) is 6.72. The van der Waals surface area contributed by atoms with Gasteiger partial charge in [-0.1, -0.05) is 35.3 Å². The van der Waals surface area contributed by atoms with Gasteiger partial charge >= 0.3 is 0 Å². The second-order valence-corrected chi connectivity index (χ2v) is 6.67. The Balaban J connectivity index is 1.63. The first kappa shape index (κ1) is 16.8. The number of amides is 1. The number of hydrogen-bond donors (Lipinski definition) is 1. The highest BCUT2D eigenvalue weighted by atomic mass is 35.5. The van der Waals surface area contributed by atoms with Gasteiger partial charge in [-0.25, -0.2) is 5.43 Å². The van der Waals surface area contributed by atoms with Crippen LogP contribution >= 0.6 is 34.5 Å². The maximum Gasteiger partial charge on any atom is 0.245 e. The van der Waals surface area contributed by atoms with E-state index in [1.54, 1.807) is 24.3 Å². The van der Waals surface area contributed by atoms with Crippen LogP contribution in [0.15, 0.2) is 57.4 Å². The van der Waals surface area contributed by atoms with Gasteiger partial charge in [0.2, 0.25) is 5.91 Å². The van der Waals surface area contributed by atoms with Crippen molar-refractivity contribution in [3.63, 3.8) is 0 Å². The molecule has 2 aromatic heterocycles. The van der Waals surface area contributed by atoms with Gasteiger partial charge in [0.25, 0.3) is 0 Å². The number of hydrazone groups is 1. The topological polar surface area (TPSA) is 54.6 Å². The molecule has 7 heteroatoms. The van der Waals surface area contributed by atoms with Crippen molar-refractivity contribution in [2.24, 2.45) is 5.10 Å². The lowest BCUT2D eigenvalue weighted by atomic mass is 10.2. The number of carbonyl (C=O) groups is 1. The Hall–Kier alpha value is -2.08. The van der Waals surface area contributed by atoms with E-state index in [0.29, 0.717) is 33.6 Å².